The van der Waals surface area contributed by atoms with Gasteiger partial charge in [0, 0.05) is 13.1 Å². The van der Waals surface area contributed by atoms with Gasteiger partial charge in [-0.15, -0.1) is 6.58 Å². The van der Waals surface area contributed by atoms with E-state index in [1.165, 1.54) is 0 Å². The predicted molar refractivity (Wildman–Crippen MR) is 77.8 cm³/mol. The summed E-state index contributed by atoms with van der Waals surface area (Å²) < 4.78 is 0. The molecular weight excluding hydrogens is 256 g/mol. The van der Waals surface area contributed by atoms with Crippen molar-refractivity contribution in [3.8, 4) is 0 Å². The fourth-order valence-corrected chi connectivity index (χ4v) is 1.82. The zero-order valence-electron chi connectivity index (χ0n) is 11.6. The van der Waals surface area contributed by atoms with Crippen molar-refractivity contribution >= 4 is 11.9 Å². The molecule has 5 heteroatoms. The molecule has 0 fully saturated rings. The number of rotatable bonds is 8. The van der Waals surface area contributed by atoms with Crippen LogP contribution in [0.5, 0.6) is 0 Å². The number of aromatic carboxylic acids is 1. The molecule has 0 spiro atoms. The predicted octanol–water partition coefficient (Wildman–Crippen LogP) is 1.16. The van der Waals surface area contributed by atoms with Crippen molar-refractivity contribution in [2.75, 3.05) is 26.7 Å². The van der Waals surface area contributed by atoms with Crippen LogP contribution in [0.3, 0.4) is 0 Å². The average Bonchev–Trinajstić information content (AvgIpc) is 2.43. The number of benzene rings is 1. The second-order valence-corrected chi connectivity index (χ2v) is 4.54. The van der Waals surface area contributed by atoms with Gasteiger partial charge >= 0.3 is 5.97 Å². The molecule has 0 radical (unpaired) electrons. The summed E-state index contributed by atoms with van der Waals surface area (Å²) in [4.78, 5) is 24.4. The maximum atomic E-state index is 11.5. The molecule has 0 saturated carbocycles. The van der Waals surface area contributed by atoms with Gasteiger partial charge in [-0.05, 0) is 25.1 Å². The van der Waals surface area contributed by atoms with Crippen LogP contribution in [-0.2, 0) is 11.2 Å². The van der Waals surface area contributed by atoms with Crippen molar-refractivity contribution in [2.45, 2.75) is 6.42 Å². The summed E-state index contributed by atoms with van der Waals surface area (Å²) in [7, 11) is 1.83. The molecule has 0 aliphatic carbocycles. The fraction of sp³-hybridized carbons (Fsp3) is 0.333. The van der Waals surface area contributed by atoms with E-state index in [0.717, 1.165) is 5.56 Å². The second-order valence-electron chi connectivity index (χ2n) is 4.54. The van der Waals surface area contributed by atoms with E-state index in [1.807, 2.05) is 18.0 Å². The number of hydrogen-bond acceptors (Lipinski definition) is 3. The number of carboxylic acids is 1. The zero-order valence-corrected chi connectivity index (χ0v) is 11.6. The minimum absolute atomic E-state index is 0.0704. The van der Waals surface area contributed by atoms with Gasteiger partial charge in [0.2, 0.25) is 5.91 Å². The summed E-state index contributed by atoms with van der Waals surface area (Å²) in [5.41, 5.74) is 1.09. The minimum Gasteiger partial charge on any atom is -0.478 e. The van der Waals surface area contributed by atoms with Gasteiger partial charge < -0.3 is 10.4 Å². The maximum absolute atomic E-state index is 11.5. The Morgan fingerprint density at radius 2 is 2.10 bits per heavy atom. The number of carbonyl (C=O) groups excluding carboxylic acids is 1. The Hall–Kier alpha value is -2.14. The summed E-state index contributed by atoms with van der Waals surface area (Å²) in [6.07, 6.45) is 2.22. The molecule has 1 rings (SSSR count). The minimum atomic E-state index is -0.924. The van der Waals surface area contributed by atoms with Crippen LogP contribution < -0.4 is 5.32 Å². The molecule has 1 amide bonds. The molecule has 2 N–H and O–H groups in total. The monoisotopic (exact) mass is 276 g/mol. The maximum Gasteiger partial charge on any atom is 0.335 e. The van der Waals surface area contributed by atoms with Crippen LogP contribution in [0.4, 0.5) is 0 Å². The normalized spacial score (nSPS) is 10.3. The van der Waals surface area contributed by atoms with Crippen molar-refractivity contribution in [2.24, 2.45) is 0 Å². The smallest absolute Gasteiger partial charge is 0.335 e. The molecule has 0 saturated heterocycles. The Kier molecular flexibility index (Phi) is 6.46. The first-order chi connectivity index (χ1) is 9.54. The van der Waals surface area contributed by atoms with Gasteiger partial charge in [-0.25, -0.2) is 4.79 Å². The lowest BCUT2D eigenvalue weighted by molar-refractivity contribution is -0.121. The van der Waals surface area contributed by atoms with Gasteiger partial charge in [-0.2, -0.15) is 0 Å². The van der Waals surface area contributed by atoms with Gasteiger partial charge in [-0.3, -0.25) is 9.69 Å². The third-order valence-corrected chi connectivity index (χ3v) is 2.87. The highest BCUT2D eigenvalue weighted by Gasteiger charge is 2.10. The van der Waals surface area contributed by atoms with Crippen LogP contribution in [0.2, 0.25) is 0 Å². The Morgan fingerprint density at radius 3 is 2.75 bits per heavy atom. The van der Waals surface area contributed by atoms with Crippen LogP contribution in [0, 0.1) is 0 Å². The highest BCUT2D eigenvalue weighted by molar-refractivity contribution is 5.89. The van der Waals surface area contributed by atoms with E-state index >= 15 is 0 Å². The third kappa shape index (κ3) is 5.24. The molecule has 0 bridgehead atoms. The summed E-state index contributed by atoms with van der Waals surface area (Å²) in [6.45, 7) is 4.88. The highest BCUT2D eigenvalue weighted by atomic mass is 16.4. The molecule has 0 aromatic heterocycles. The van der Waals surface area contributed by atoms with E-state index in [9.17, 15) is 9.59 Å². The first-order valence-electron chi connectivity index (χ1n) is 6.42. The van der Waals surface area contributed by atoms with E-state index < -0.39 is 5.97 Å². The molecule has 0 atom stereocenters. The fourth-order valence-electron chi connectivity index (χ4n) is 1.82. The van der Waals surface area contributed by atoms with Crippen molar-refractivity contribution < 1.29 is 14.7 Å². The highest BCUT2D eigenvalue weighted by Crippen LogP contribution is 2.09. The molecule has 0 unspecified atom stereocenters. The van der Waals surface area contributed by atoms with E-state index in [-0.39, 0.29) is 12.5 Å². The summed E-state index contributed by atoms with van der Waals surface area (Å²) in [6, 6.07) is 6.92. The average molecular weight is 276 g/mol. The number of carboxylic acid groups (broad SMARTS) is 1. The van der Waals surface area contributed by atoms with Crippen molar-refractivity contribution in [1.29, 1.82) is 0 Å². The van der Waals surface area contributed by atoms with Crippen LogP contribution in [0.25, 0.3) is 0 Å². The number of likely N-dealkylation sites (N-methyl/N-ethyl adjacent to an activating group) is 1. The van der Waals surface area contributed by atoms with Crippen molar-refractivity contribution in [1.82, 2.24) is 10.2 Å². The SMILES string of the molecule is C=CCNC(=O)CN(C)CCc1ccccc1C(=O)O. The topological polar surface area (TPSA) is 69.6 Å². The van der Waals surface area contributed by atoms with Crippen LogP contribution in [0.1, 0.15) is 15.9 Å². The van der Waals surface area contributed by atoms with Crippen LogP contribution in [-0.4, -0.2) is 48.6 Å². The number of hydrogen-bond donors (Lipinski definition) is 2. The lowest BCUT2D eigenvalue weighted by Crippen LogP contribution is -2.36. The Labute approximate surface area is 118 Å². The third-order valence-electron chi connectivity index (χ3n) is 2.87. The molecule has 1 aromatic carbocycles. The molecular formula is C15H20N2O3. The standard InChI is InChI=1S/C15H20N2O3/c1-3-9-16-14(18)11-17(2)10-8-12-6-4-5-7-13(12)15(19)20/h3-7H,1,8-11H2,2H3,(H,16,18)(H,19,20). The van der Waals surface area contributed by atoms with Gasteiger partial charge in [0.05, 0.1) is 12.1 Å². The summed E-state index contributed by atoms with van der Waals surface area (Å²) >= 11 is 0. The number of nitrogens with one attached hydrogen (secondary N) is 1. The van der Waals surface area contributed by atoms with E-state index in [4.69, 9.17) is 5.11 Å². The first-order valence-corrected chi connectivity index (χ1v) is 6.42. The molecule has 20 heavy (non-hydrogen) atoms. The second kappa shape index (κ2) is 8.12. The quantitative estimate of drug-likeness (QED) is 0.699. The van der Waals surface area contributed by atoms with E-state index in [0.29, 0.717) is 25.1 Å². The summed E-state index contributed by atoms with van der Waals surface area (Å²) in [5.74, 6) is -0.995. The van der Waals surface area contributed by atoms with Crippen LogP contribution >= 0.6 is 0 Å². The zero-order chi connectivity index (χ0) is 15.0. The molecule has 0 heterocycles. The first kappa shape index (κ1) is 15.9. The number of nitrogens with zero attached hydrogens (tertiary/aromatic N) is 1. The number of amides is 1. The molecule has 0 aliphatic heterocycles. The van der Waals surface area contributed by atoms with Gasteiger partial charge in [0.1, 0.15) is 0 Å². The molecule has 1 aromatic rings. The summed E-state index contributed by atoms with van der Waals surface area (Å²) in [5, 5.41) is 11.8. The Balaban J connectivity index is 2.49. The van der Waals surface area contributed by atoms with E-state index in [2.05, 4.69) is 11.9 Å². The van der Waals surface area contributed by atoms with E-state index in [1.54, 1.807) is 24.3 Å². The molecule has 108 valence electrons. The van der Waals surface area contributed by atoms with Crippen LogP contribution in [0.15, 0.2) is 36.9 Å². The molecule has 0 aliphatic rings. The number of carbonyl (C=O) groups is 2. The lowest BCUT2D eigenvalue weighted by atomic mass is 10.0. The lowest BCUT2D eigenvalue weighted by Gasteiger charge is -2.16. The van der Waals surface area contributed by atoms with Crippen molar-refractivity contribution in [3.63, 3.8) is 0 Å². The molecule has 5 nitrogen and oxygen atoms in total. The van der Waals surface area contributed by atoms with Crippen molar-refractivity contribution in [3.05, 3.63) is 48.0 Å². The largest absolute Gasteiger partial charge is 0.478 e. The van der Waals surface area contributed by atoms with Gasteiger partial charge in [-0.1, -0.05) is 24.3 Å². The van der Waals surface area contributed by atoms with Gasteiger partial charge in [0.15, 0.2) is 0 Å². The Bertz CT molecular complexity index is 486. The van der Waals surface area contributed by atoms with Gasteiger partial charge in [0.25, 0.3) is 0 Å². The Morgan fingerprint density at radius 1 is 1.40 bits per heavy atom.